The molecule has 0 fully saturated rings. The molecule has 3 nitrogen and oxygen atoms in total. The summed E-state index contributed by atoms with van der Waals surface area (Å²) >= 11 is 12.8. The third-order valence-corrected chi connectivity index (χ3v) is 4.66. The summed E-state index contributed by atoms with van der Waals surface area (Å²) < 4.78 is 16.2. The smallest absolute Gasteiger partial charge is 0.178 e. The Kier molecular flexibility index (Phi) is 3.62. The standard InChI is InChI=1S/C13H11ClFN3S2/c1-2-10(12-16-3-4-20-12)18-11-6-8(15)7(14)5-9(11)17-13(18)19/h3-6,10H,2H2,1H3,(H,17,19). The number of hydrogen-bond donors (Lipinski definition) is 1. The quantitative estimate of drug-likeness (QED) is 0.691. The van der Waals surface area contributed by atoms with Gasteiger partial charge in [0.15, 0.2) is 4.77 Å². The molecule has 1 aromatic carbocycles. The zero-order chi connectivity index (χ0) is 14.3. The largest absolute Gasteiger partial charge is 0.331 e. The second kappa shape index (κ2) is 5.27. The van der Waals surface area contributed by atoms with Gasteiger partial charge >= 0.3 is 0 Å². The first-order valence-electron chi connectivity index (χ1n) is 6.10. The van der Waals surface area contributed by atoms with Crippen LogP contribution >= 0.6 is 35.2 Å². The van der Waals surface area contributed by atoms with Gasteiger partial charge in [0.25, 0.3) is 0 Å². The van der Waals surface area contributed by atoms with E-state index in [0.29, 0.717) is 10.3 Å². The summed E-state index contributed by atoms with van der Waals surface area (Å²) in [6.07, 6.45) is 2.58. The average Bonchev–Trinajstić information content (AvgIpc) is 3.02. The van der Waals surface area contributed by atoms with Crippen molar-refractivity contribution in [3.05, 3.63) is 44.3 Å². The van der Waals surface area contributed by atoms with Crippen LogP contribution in [-0.2, 0) is 0 Å². The fourth-order valence-electron chi connectivity index (χ4n) is 2.30. The fraction of sp³-hybridized carbons (Fsp3) is 0.231. The van der Waals surface area contributed by atoms with E-state index in [4.69, 9.17) is 23.8 Å². The van der Waals surface area contributed by atoms with E-state index in [1.54, 1.807) is 23.6 Å². The summed E-state index contributed by atoms with van der Waals surface area (Å²) in [4.78, 5) is 7.42. The van der Waals surface area contributed by atoms with E-state index in [9.17, 15) is 4.39 Å². The van der Waals surface area contributed by atoms with Crippen molar-refractivity contribution in [1.82, 2.24) is 14.5 Å². The van der Waals surface area contributed by atoms with Gasteiger partial charge in [0.2, 0.25) is 0 Å². The first-order valence-corrected chi connectivity index (χ1v) is 7.77. The van der Waals surface area contributed by atoms with E-state index in [2.05, 4.69) is 16.9 Å². The summed E-state index contributed by atoms with van der Waals surface area (Å²) in [7, 11) is 0. The van der Waals surface area contributed by atoms with E-state index in [1.807, 2.05) is 9.95 Å². The van der Waals surface area contributed by atoms with Crippen LogP contribution in [0.1, 0.15) is 24.4 Å². The van der Waals surface area contributed by atoms with Crippen molar-refractivity contribution in [2.45, 2.75) is 19.4 Å². The Morgan fingerprint density at radius 3 is 3.00 bits per heavy atom. The van der Waals surface area contributed by atoms with E-state index in [0.717, 1.165) is 16.9 Å². The summed E-state index contributed by atoms with van der Waals surface area (Å²) in [5.74, 6) is -0.448. The van der Waals surface area contributed by atoms with E-state index < -0.39 is 5.82 Å². The van der Waals surface area contributed by atoms with Gasteiger partial charge in [-0.15, -0.1) is 11.3 Å². The molecule has 104 valence electrons. The third kappa shape index (κ3) is 2.17. The lowest BCUT2D eigenvalue weighted by Crippen LogP contribution is -2.09. The molecule has 0 radical (unpaired) electrons. The maximum absolute atomic E-state index is 13.7. The second-order valence-corrected chi connectivity index (χ2v) is 6.10. The zero-order valence-corrected chi connectivity index (χ0v) is 12.9. The van der Waals surface area contributed by atoms with Gasteiger partial charge in [-0.3, -0.25) is 0 Å². The van der Waals surface area contributed by atoms with Crippen LogP contribution in [0.3, 0.4) is 0 Å². The first-order chi connectivity index (χ1) is 9.61. The number of hydrogen-bond acceptors (Lipinski definition) is 3. The number of benzene rings is 1. The minimum atomic E-state index is -0.448. The summed E-state index contributed by atoms with van der Waals surface area (Å²) in [5, 5.41) is 2.97. The molecule has 0 bridgehead atoms. The fourth-order valence-corrected chi connectivity index (χ4v) is 3.61. The van der Waals surface area contributed by atoms with Crippen LogP contribution in [0.25, 0.3) is 11.0 Å². The summed E-state index contributed by atoms with van der Waals surface area (Å²) in [6, 6.07) is 2.98. The van der Waals surface area contributed by atoms with Gasteiger partial charge in [0.05, 0.1) is 22.1 Å². The van der Waals surface area contributed by atoms with Crippen molar-refractivity contribution < 1.29 is 4.39 Å². The van der Waals surface area contributed by atoms with Crippen molar-refractivity contribution in [2.75, 3.05) is 0 Å². The number of rotatable bonds is 3. The first kappa shape index (κ1) is 13.7. The molecule has 3 rings (SSSR count). The van der Waals surface area contributed by atoms with Crippen LogP contribution in [0.15, 0.2) is 23.7 Å². The van der Waals surface area contributed by atoms with E-state index >= 15 is 0 Å². The number of nitrogens with zero attached hydrogens (tertiary/aromatic N) is 2. The number of nitrogens with one attached hydrogen (secondary N) is 1. The van der Waals surface area contributed by atoms with Crippen LogP contribution in [-0.4, -0.2) is 14.5 Å². The van der Waals surface area contributed by atoms with Crippen molar-refractivity contribution in [2.24, 2.45) is 0 Å². The highest BCUT2D eigenvalue weighted by Gasteiger charge is 2.19. The molecule has 2 aromatic heterocycles. The third-order valence-electron chi connectivity index (χ3n) is 3.19. The molecule has 1 N–H and O–H groups in total. The summed E-state index contributed by atoms with van der Waals surface area (Å²) in [5.41, 5.74) is 1.44. The number of aromatic nitrogens is 3. The average molecular weight is 328 g/mol. The predicted molar refractivity (Wildman–Crippen MR) is 82.6 cm³/mol. The molecule has 7 heteroatoms. The number of H-pyrrole nitrogens is 1. The molecule has 0 aliphatic rings. The number of imidazole rings is 1. The minimum Gasteiger partial charge on any atom is -0.331 e. The Hall–Kier alpha value is -1.24. The Morgan fingerprint density at radius 1 is 1.55 bits per heavy atom. The number of halogens is 2. The SMILES string of the molecule is CCC(c1nccs1)n1c(=S)[nH]c2cc(Cl)c(F)cc21. The topological polar surface area (TPSA) is 33.6 Å². The van der Waals surface area contributed by atoms with Gasteiger partial charge in [-0.05, 0) is 24.7 Å². The number of aromatic amines is 1. The molecule has 0 aliphatic heterocycles. The Bertz CT molecular complexity index is 807. The monoisotopic (exact) mass is 327 g/mol. The molecule has 2 heterocycles. The molecular formula is C13H11ClFN3S2. The van der Waals surface area contributed by atoms with Crippen LogP contribution in [0, 0.1) is 10.6 Å². The molecule has 3 aromatic rings. The number of fused-ring (bicyclic) bond motifs is 1. The molecule has 0 aliphatic carbocycles. The van der Waals surface area contributed by atoms with E-state index in [1.165, 1.54) is 6.07 Å². The van der Waals surface area contributed by atoms with Gasteiger partial charge in [0, 0.05) is 17.6 Å². The minimum absolute atomic E-state index is 0.00294. The van der Waals surface area contributed by atoms with Crippen LogP contribution < -0.4 is 0 Å². The molecule has 1 unspecified atom stereocenters. The van der Waals surface area contributed by atoms with E-state index in [-0.39, 0.29) is 11.1 Å². The van der Waals surface area contributed by atoms with Crippen molar-refractivity contribution >= 4 is 46.2 Å². The van der Waals surface area contributed by atoms with Gasteiger partial charge in [0.1, 0.15) is 10.8 Å². The lowest BCUT2D eigenvalue weighted by molar-refractivity contribution is 0.569. The molecule has 1 atom stereocenters. The second-order valence-electron chi connectivity index (χ2n) is 4.38. The van der Waals surface area contributed by atoms with Crippen LogP contribution in [0.5, 0.6) is 0 Å². The molecule has 20 heavy (non-hydrogen) atoms. The van der Waals surface area contributed by atoms with Crippen LogP contribution in [0.2, 0.25) is 5.02 Å². The summed E-state index contributed by atoms with van der Waals surface area (Å²) in [6.45, 7) is 2.05. The Labute approximate surface area is 129 Å². The van der Waals surface area contributed by atoms with Gasteiger partial charge < -0.3 is 9.55 Å². The molecule has 0 amide bonds. The molecule has 0 saturated carbocycles. The predicted octanol–water partition coefficient (Wildman–Crippen LogP) is 4.95. The van der Waals surface area contributed by atoms with Crippen molar-refractivity contribution in [3.8, 4) is 0 Å². The maximum atomic E-state index is 13.7. The van der Waals surface area contributed by atoms with Crippen LogP contribution in [0.4, 0.5) is 4.39 Å². The Morgan fingerprint density at radius 2 is 2.35 bits per heavy atom. The normalized spacial score (nSPS) is 12.9. The molecule has 0 saturated heterocycles. The highest BCUT2D eigenvalue weighted by molar-refractivity contribution is 7.71. The number of thiazole rings is 1. The molecular weight excluding hydrogens is 317 g/mol. The lowest BCUT2D eigenvalue weighted by atomic mass is 10.2. The molecule has 0 spiro atoms. The highest BCUT2D eigenvalue weighted by atomic mass is 35.5. The lowest BCUT2D eigenvalue weighted by Gasteiger charge is -2.15. The zero-order valence-electron chi connectivity index (χ0n) is 10.6. The van der Waals surface area contributed by atoms with Crippen molar-refractivity contribution in [3.63, 3.8) is 0 Å². The van der Waals surface area contributed by atoms with Gasteiger partial charge in [-0.1, -0.05) is 18.5 Å². The highest BCUT2D eigenvalue weighted by Crippen LogP contribution is 2.30. The maximum Gasteiger partial charge on any atom is 0.178 e. The van der Waals surface area contributed by atoms with Crippen molar-refractivity contribution in [1.29, 1.82) is 0 Å². The van der Waals surface area contributed by atoms with Gasteiger partial charge in [-0.2, -0.15) is 0 Å². The Balaban J connectivity index is 2.27. The van der Waals surface area contributed by atoms with Gasteiger partial charge in [-0.25, -0.2) is 9.37 Å².